The topological polar surface area (TPSA) is 72.7 Å². The van der Waals surface area contributed by atoms with Crippen molar-refractivity contribution >= 4 is 34.8 Å². The second-order valence-electron chi connectivity index (χ2n) is 5.17. The fourth-order valence-electron chi connectivity index (χ4n) is 2.01. The zero-order valence-electron chi connectivity index (χ0n) is 12.9. The average Bonchev–Trinajstić information content (AvgIpc) is 3.06. The van der Waals surface area contributed by atoms with Crippen LogP contribution < -0.4 is 5.32 Å². The van der Waals surface area contributed by atoms with E-state index in [0.717, 1.165) is 12.8 Å². The van der Waals surface area contributed by atoms with Gasteiger partial charge in [-0.05, 0) is 6.42 Å². The van der Waals surface area contributed by atoms with E-state index >= 15 is 0 Å². The number of carbonyl (C=O) groups is 1. The normalized spacial score (nSPS) is 13.1. The molecule has 1 N–H and O–H groups in total. The third-order valence-corrected chi connectivity index (χ3v) is 4.26. The number of anilines is 1. The molecule has 0 fully saturated rings. The Bertz CT molecular complexity index is 715. The van der Waals surface area contributed by atoms with E-state index < -0.39 is 12.1 Å². The average molecular weight is 382 g/mol. The van der Waals surface area contributed by atoms with Crippen molar-refractivity contribution < 1.29 is 18.0 Å². The third kappa shape index (κ3) is 4.67. The first kappa shape index (κ1) is 18.7. The third-order valence-electron chi connectivity index (χ3n) is 3.16. The Balaban J connectivity index is 2.29. The number of carbonyl (C=O) groups excluding carboxylic acids is 1. The monoisotopic (exact) mass is 381 g/mol. The molecule has 1 amide bonds. The molecular formula is C13H15ClF3N5OS. The van der Waals surface area contributed by atoms with Gasteiger partial charge in [0, 0.05) is 17.0 Å². The summed E-state index contributed by atoms with van der Waals surface area (Å²) in [5.74, 6) is -2.00. The Kier molecular flexibility index (Phi) is 5.81. The van der Waals surface area contributed by atoms with Gasteiger partial charge in [0.05, 0.1) is 6.54 Å². The SMILES string of the molecule is CCCC(C)c1nc(NC(=O)C(F)(F)F)n(Cc2cnc(Cl)s2)n1. The molecule has 0 aliphatic heterocycles. The van der Waals surface area contributed by atoms with Gasteiger partial charge in [0.2, 0.25) is 5.95 Å². The molecule has 6 nitrogen and oxygen atoms in total. The predicted molar refractivity (Wildman–Crippen MR) is 84.3 cm³/mol. The number of amides is 1. The zero-order valence-corrected chi connectivity index (χ0v) is 14.5. The standard InChI is InChI=1S/C13H15ClF3N5OS/c1-3-4-7(2)9-19-12(20-10(23)13(15,16)17)22(21-9)6-8-5-18-11(14)24-8/h5,7H,3-4,6H2,1-2H3,(H,19,20,21,23). The Hall–Kier alpha value is -1.68. The first-order valence-corrected chi connectivity index (χ1v) is 8.33. The van der Waals surface area contributed by atoms with Crippen molar-refractivity contribution in [3.8, 4) is 0 Å². The molecule has 0 bridgehead atoms. The van der Waals surface area contributed by atoms with E-state index in [2.05, 4.69) is 15.1 Å². The van der Waals surface area contributed by atoms with Gasteiger partial charge in [-0.15, -0.1) is 11.3 Å². The van der Waals surface area contributed by atoms with Crippen LogP contribution >= 0.6 is 22.9 Å². The van der Waals surface area contributed by atoms with Gasteiger partial charge in [-0.25, -0.2) is 9.67 Å². The van der Waals surface area contributed by atoms with Crippen LogP contribution in [0.15, 0.2) is 6.20 Å². The van der Waals surface area contributed by atoms with Gasteiger partial charge < -0.3 is 0 Å². The van der Waals surface area contributed by atoms with Crippen LogP contribution in [-0.4, -0.2) is 31.8 Å². The predicted octanol–water partition coefficient (Wildman–Crippen LogP) is 3.84. The van der Waals surface area contributed by atoms with E-state index in [0.29, 0.717) is 15.2 Å². The smallest absolute Gasteiger partial charge is 0.287 e. The van der Waals surface area contributed by atoms with Crippen molar-refractivity contribution in [3.05, 3.63) is 21.4 Å². The Morgan fingerprint density at radius 2 is 2.21 bits per heavy atom. The number of rotatable bonds is 6. The lowest BCUT2D eigenvalue weighted by Crippen LogP contribution is -2.31. The molecule has 0 radical (unpaired) electrons. The molecule has 0 aliphatic carbocycles. The highest BCUT2D eigenvalue weighted by Gasteiger charge is 2.39. The minimum Gasteiger partial charge on any atom is -0.287 e. The summed E-state index contributed by atoms with van der Waals surface area (Å²) in [5.41, 5.74) is 0. The first-order chi connectivity index (χ1) is 11.2. The van der Waals surface area contributed by atoms with Crippen LogP contribution in [0.1, 0.15) is 43.3 Å². The lowest BCUT2D eigenvalue weighted by atomic mass is 10.1. The van der Waals surface area contributed by atoms with Gasteiger partial charge in [0.15, 0.2) is 10.3 Å². The van der Waals surface area contributed by atoms with Crippen molar-refractivity contribution in [1.82, 2.24) is 19.7 Å². The van der Waals surface area contributed by atoms with Crippen LogP contribution in [0.25, 0.3) is 0 Å². The maximum absolute atomic E-state index is 12.5. The number of hydrogen-bond acceptors (Lipinski definition) is 5. The summed E-state index contributed by atoms with van der Waals surface area (Å²) >= 11 is 6.93. The molecule has 0 saturated carbocycles. The van der Waals surface area contributed by atoms with E-state index in [1.165, 1.54) is 22.2 Å². The molecule has 0 aromatic carbocycles. The number of hydrogen-bond donors (Lipinski definition) is 1. The van der Waals surface area contributed by atoms with E-state index in [1.54, 1.807) is 5.32 Å². The molecule has 24 heavy (non-hydrogen) atoms. The van der Waals surface area contributed by atoms with E-state index in [-0.39, 0.29) is 18.4 Å². The summed E-state index contributed by atoms with van der Waals surface area (Å²) in [4.78, 5) is 19.8. The van der Waals surface area contributed by atoms with Crippen LogP contribution in [0.3, 0.4) is 0 Å². The quantitative estimate of drug-likeness (QED) is 0.825. The van der Waals surface area contributed by atoms with Gasteiger partial charge >= 0.3 is 12.1 Å². The minimum absolute atomic E-state index is 0.0390. The summed E-state index contributed by atoms with van der Waals surface area (Å²) in [5, 5.41) is 6.00. The molecule has 2 rings (SSSR count). The molecule has 0 aliphatic rings. The van der Waals surface area contributed by atoms with Gasteiger partial charge in [-0.2, -0.15) is 23.3 Å². The van der Waals surface area contributed by atoms with Crippen LogP contribution in [-0.2, 0) is 11.3 Å². The van der Waals surface area contributed by atoms with Gasteiger partial charge in [-0.1, -0.05) is 31.9 Å². The second kappa shape index (κ2) is 7.47. The van der Waals surface area contributed by atoms with Crippen molar-refractivity contribution in [2.45, 2.75) is 45.3 Å². The number of nitrogens with zero attached hydrogens (tertiary/aromatic N) is 4. The van der Waals surface area contributed by atoms with Crippen LogP contribution in [0, 0.1) is 0 Å². The maximum atomic E-state index is 12.5. The molecule has 2 aromatic rings. The highest BCUT2D eigenvalue weighted by molar-refractivity contribution is 7.15. The first-order valence-electron chi connectivity index (χ1n) is 7.13. The Morgan fingerprint density at radius 1 is 1.50 bits per heavy atom. The van der Waals surface area contributed by atoms with Crippen LogP contribution in [0.2, 0.25) is 4.47 Å². The van der Waals surface area contributed by atoms with E-state index in [9.17, 15) is 18.0 Å². The van der Waals surface area contributed by atoms with Crippen molar-refractivity contribution in [2.24, 2.45) is 0 Å². The second-order valence-corrected chi connectivity index (χ2v) is 6.87. The highest BCUT2D eigenvalue weighted by atomic mass is 35.5. The van der Waals surface area contributed by atoms with Gasteiger partial charge in [0.1, 0.15) is 0 Å². The Morgan fingerprint density at radius 3 is 2.75 bits per heavy atom. The maximum Gasteiger partial charge on any atom is 0.471 e. The molecule has 132 valence electrons. The number of nitrogens with one attached hydrogen (secondary N) is 1. The number of aromatic nitrogens is 4. The van der Waals surface area contributed by atoms with Crippen molar-refractivity contribution in [3.63, 3.8) is 0 Å². The molecule has 11 heteroatoms. The van der Waals surface area contributed by atoms with Crippen LogP contribution in [0.5, 0.6) is 0 Å². The number of alkyl halides is 3. The highest BCUT2D eigenvalue weighted by Crippen LogP contribution is 2.24. The lowest BCUT2D eigenvalue weighted by Gasteiger charge is -2.08. The lowest BCUT2D eigenvalue weighted by molar-refractivity contribution is -0.167. The molecule has 0 spiro atoms. The number of thiazole rings is 1. The fourth-order valence-corrected chi connectivity index (χ4v) is 2.97. The zero-order chi connectivity index (χ0) is 17.9. The fraction of sp³-hybridized carbons (Fsp3) is 0.538. The summed E-state index contributed by atoms with van der Waals surface area (Å²) in [6.45, 7) is 3.98. The van der Waals surface area contributed by atoms with E-state index in [4.69, 9.17) is 11.6 Å². The van der Waals surface area contributed by atoms with Gasteiger partial charge in [0.25, 0.3) is 0 Å². The Labute approximate surface area is 145 Å². The van der Waals surface area contributed by atoms with Crippen molar-refractivity contribution in [1.29, 1.82) is 0 Å². The van der Waals surface area contributed by atoms with Crippen LogP contribution in [0.4, 0.5) is 19.1 Å². The summed E-state index contributed by atoms with van der Waals surface area (Å²) in [6.07, 6.45) is -1.84. The number of halogens is 4. The molecule has 2 aromatic heterocycles. The largest absolute Gasteiger partial charge is 0.471 e. The summed E-state index contributed by atoms with van der Waals surface area (Å²) in [7, 11) is 0. The molecule has 1 unspecified atom stereocenters. The van der Waals surface area contributed by atoms with Crippen molar-refractivity contribution in [2.75, 3.05) is 5.32 Å². The summed E-state index contributed by atoms with van der Waals surface area (Å²) < 4.78 is 39.0. The molecule has 1 atom stereocenters. The molecule has 0 saturated heterocycles. The summed E-state index contributed by atoms with van der Waals surface area (Å²) in [6, 6.07) is 0. The molecule has 2 heterocycles. The minimum atomic E-state index is -5.00. The van der Waals surface area contributed by atoms with Gasteiger partial charge in [-0.3, -0.25) is 10.1 Å². The molecular weight excluding hydrogens is 367 g/mol. The van der Waals surface area contributed by atoms with E-state index in [1.807, 2.05) is 13.8 Å².